The van der Waals surface area contributed by atoms with Gasteiger partial charge in [0, 0.05) is 35.1 Å². The maximum Gasteiger partial charge on any atom is 0.252 e. The number of aliphatic hydroxyl groups excluding tert-OH is 1. The molecule has 0 aliphatic carbocycles. The van der Waals surface area contributed by atoms with E-state index < -0.39 is 11.9 Å². The van der Waals surface area contributed by atoms with Crippen LogP contribution in [0.3, 0.4) is 0 Å². The third kappa shape index (κ3) is 5.65. The second-order valence-electron chi connectivity index (χ2n) is 7.40. The van der Waals surface area contributed by atoms with Crippen LogP contribution in [-0.4, -0.2) is 34.4 Å². The summed E-state index contributed by atoms with van der Waals surface area (Å²) in [6.45, 7) is 1.55. The maximum absolute atomic E-state index is 13.2. The van der Waals surface area contributed by atoms with E-state index in [-0.39, 0.29) is 23.8 Å². The molecule has 3 rings (SSSR count). The lowest BCUT2D eigenvalue weighted by atomic mass is 9.95. The van der Waals surface area contributed by atoms with E-state index in [2.05, 4.69) is 10.3 Å². The molecule has 5 N–H and O–H groups in total. The van der Waals surface area contributed by atoms with Crippen molar-refractivity contribution in [1.82, 2.24) is 10.3 Å². The topological polar surface area (TPSA) is 112 Å². The van der Waals surface area contributed by atoms with Gasteiger partial charge in [-0.05, 0) is 54.5 Å². The maximum atomic E-state index is 13.2. The van der Waals surface area contributed by atoms with Crippen LogP contribution in [0, 0.1) is 18.2 Å². The molecular weight excluding hydrogens is 407 g/mol. The summed E-state index contributed by atoms with van der Waals surface area (Å²) >= 11 is 0. The zero-order valence-electron chi connectivity index (χ0n) is 17.7. The highest BCUT2D eigenvalue weighted by molar-refractivity contribution is 6.16. The monoisotopic (exact) mass is 432 g/mol. The van der Waals surface area contributed by atoms with Crippen molar-refractivity contribution in [2.45, 2.75) is 19.4 Å². The molecule has 32 heavy (non-hydrogen) atoms. The number of amides is 1. The third-order valence-corrected chi connectivity index (χ3v) is 5.00. The molecule has 1 heterocycles. The number of allylic oxidation sites excluding steroid dienone is 1. The molecule has 0 fully saturated rings. The van der Waals surface area contributed by atoms with Gasteiger partial charge in [-0.2, -0.15) is 0 Å². The van der Waals surface area contributed by atoms with Crippen LogP contribution in [0.5, 0.6) is 0 Å². The summed E-state index contributed by atoms with van der Waals surface area (Å²) in [5.74, 6) is -0.782. The Hall–Kier alpha value is -3.84. The van der Waals surface area contributed by atoms with Crippen LogP contribution in [-0.2, 0) is 6.42 Å². The quantitative estimate of drug-likeness (QED) is 0.410. The van der Waals surface area contributed by atoms with Crippen molar-refractivity contribution < 1.29 is 14.3 Å². The van der Waals surface area contributed by atoms with Gasteiger partial charge in [0.1, 0.15) is 5.82 Å². The predicted molar refractivity (Wildman–Crippen MR) is 123 cm³/mol. The SMILES string of the molecule is Cc1cccc(C(=O)N[C@@H](CO)Cc2ccccn2)c1C(=N)/C=C(\N)c1ccc(F)cc1. The van der Waals surface area contributed by atoms with Crippen molar-refractivity contribution in [2.24, 2.45) is 5.73 Å². The fraction of sp³-hybridized carbons (Fsp3) is 0.160. The molecule has 0 aliphatic rings. The molecule has 2 aromatic carbocycles. The molecule has 6 nitrogen and oxygen atoms in total. The van der Waals surface area contributed by atoms with Crippen molar-refractivity contribution >= 4 is 17.3 Å². The molecule has 1 atom stereocenters. The first kappa shape index (κ1) is 22.8. The summed E-state index contributed by atoms with van der Waals surface area (Å²) in [7, 11) is 0. The van der Waals surface area contributed by atoms with Gasteiger partial charge in [-0.15, -0.1) is 0 Å². The third-order valence-electron chi connectivity index (χ3n) is 5.00. The Labute approximate surface area is 186 Å². The normalized spacial score (nSPS) is 12.3. The van der Waals surface area contributed by atoms with Gasteiger partial charge in [0.2, 0.25) is 0 Å². The van der Waals surface area contributed by atoms with E-state index in [0.29, 0.717) is 23.1 Å². The fourth-order valence-electron chi connectivity index (χ4n) is 3.36. The number of hydrogen-bond donors (Lipinski definition) is 4. The summed E-state index contributed by atoms with van der Waals surface area (Å²) < 4.78 is 13.2. The van der Waals surface area contributed by atoms with E-state index in [4.69, 9.17) is 11.1 Å². The van der Waals surface area contributed by atoms with Crippen LogP contribution in [0.15, 0.2) is 72.9 Å². The Balaban J connectivity index is 1.84. The molecule has 3 aromatic rings. The van der Waals surface area contributed by atoms with Gasteiger partial charge >= 0.3 is 0 Å². The van der Waals surface area contributed by atoms with E-state index in [1.165, 1.54) is 30.3 Å². The second kappa shape index (κ2) is 10.5. The number of nitrogens with one attached hydrogen (secondary N) is 2. The number of halogens is 1. The smallest absolute Gasteiger partial charge is 0.252 e. The van der Waals surface area contributed by atoms with Crippen LogP contribution in [0.4, 0.5) is 4.39 Å². The molecule has 0 unspecified atom stereocenters. The lowest BCUT2D eigenvalue weighted by Crippen LogP contribution is -2.39. The average molecular weight is 432 g/mol. The number of pyridine rings is 1. The van der Waals surface area contributed by atoms with Crippen molar-refractivity contribution in [3.05, 3.63) is 107 Å². The van der Waals surface area contributed by atoms with Gasteiger partial charge in [0.15, 0.2) is 0 Å². The standard InChI is InChI=1S/C25H25FN4O2/c1-16-5-4-7-21(25(32)30-20(15-31)13-19-6-2-3-12-29-19)24(16)23(28)14-22(27)17-8-10-18(26)11-9-17/h2-12,14,20,28,31H,13,15,27H2,1H3,(H,30,32)/b22-14-,28-23?/t20-/m1/s1. The van der Waals surface area contributed by atoms with Gasteiger partial charge in [-0.1, -0.05) is 30.3 Å². The Bertz CT molecular complexity index is 1130. The first-order chi connectivity index (χ1) is 15.4. The average Bonchev–Trinajstić information content (AvgIpc) is 2.79. The largest absolute Gasteiger partial charge is 0.398 e. The zero-order chi connectivity index (χ0) is 23.1. The molecular formula is C25H25FN4O2. The number of rotatable bonds is 8. The number of nitrogens with two attached hydrogens (primary N) is 1. The van der Waals surface area contributed by atoms with Crippen LogP contribution < -0.4 is 11.1 Å². The fourth-order valence-corrected chi connectivity index (χ4v) is 3.36. The minimum absolute atomic E-state index is 0.0559. The molecule has 1 amide bonds. The molecule has 0 bridgehead atoms. The van der Waals surface area contributed by atoms with Crippen LogP contribution in [0.25, 0.3) is 5.70 Å². The number of carbonyl (C=O) groups is 1. The molecule has 0 radical (unpaired) electrons. The zero-order valence-corrected chi connectivity index (χ0v) is 17.7. The minimum atomic E-state index is -0.528. The number of hydrogen-bond acceptors (Lipinski definition) is 5. The van der Waals surface area contributed by atoms with E-state index >= 15 is 0 Å². The Kier molecular flexibility index (Phi) is 7.46. The van der Waals surface area contributed by atoms with Gasteiger partial charge in [-0.3, -0.25) is 9.78 Å². The molecule has 7 heteroatoms. The molecule has 0 saturated carbocycles. The summed E-state index contributed by atoms with van der Waals surface area (Å²) in [6, 6.07) is 15.8. The van der Waals surface area contributed by atoms with E-state index in [1.807, 2.05) is 12.1 Å². The van der Waals surface area contributed by atoms with Crippen molar-refractivity contribution in [3.63, 3.8) is 0 Å². The first-order valence-electron chi connectivity index (χ1n) is 10.1. The highest BCUT2D eigenvalue weighted by Gasteiger charge is 2.19. The first-order valence-corrected chi connectivity index (χ1v) is 10.1. The minimum Gasteiger partial charge on any atom is -0.398 e. The predicted octanol–water partition coefficient (Wildman–Crippen LogP) is 3.23. The van der Waals surface area contributed by atoms with Gasteiger partial charge in [0.05, 0.1) is 18.4 Å². The number of aliphatic hydroxyl groups is 1. The van der Waals surface area contributed by atoms with Crippen LogP contribution >= 0.6 is 0 Å². The number of aromatic nitrogens is 1. The van der Waals surface area contributed by atoms with Gasteiger partial charge in [-0.25, -0.2) is 4.39 Å². The van der Waals surface area contributed by atoms with Crippen molar-refractivity contribution in [1.29, 1.82) is 5.41 Å². The number of aryl methyl sites for hydroxylation is 1. The summed E-state index contributed by atoms with van der Waals surface area (Å²) in [5, 5.41) is 21.1. The van der Waals surface area contributed by atoms with E-state index in [9.17, 15) is 14.3 Å². The van der Waals surface area contributed by atoms with Crippen LogP contribution in [0.2, 0.25) is 0 Å². The van der Waals surface area contributed by atoms with Crippen molar-refractivity contribution in [3.8, 4) is 0 Å². The molecule has 164 valence electrons. The summed E-state index contributed by atoms with van der Waals surface area (Å²) in [6.07, 6.45) is 3.48. The lowest BCUT2D eigenvalue weighted by molar-refractivity contribution is 0.0916. The van der Waals surface area contributed by atoms with E-state index in [1.54, 1.807) is 37.4 Å². The number of benzene rings is 2. The van der Waals surface area contributed by atoms with Crippen molar-refractivity contribution in [2.75, 3.05) is 6.61 Å². The van der Waals surface area contributed by atoms with Crippen LogP contribution in [0.1, 0.15) is 32.7 Å². The summed E-state index contributed by atoms with van der Waals surface area (Å²) in [4.78, 5) is 17.3. The molecule has 0 spiro atoms. The Morgan fingerprint density at radius 1 is 1.19 bits per heavy atom. The lowest BCUT2D eigenvalue weighted by Gasteiger charge is -2.18. The Morgan fingerprint density at radius 3 is 2.59 bits per heavy atom. The number of nitrogens with zero attached hydrogens (tertiary/aromatic N) is 1. The highest BCUT2D eigenvalue weighted by atomic mass is 19.1. The number of carbonyl (C=O) groups excluding carboxylic acids is 1. The van der Waals surface area contributed by atoms with Gasteiger partial charge < -0.3 is 21.6 Å². The summed E-state index contributed by atoms with van der Waals surface area (Å²) in [5.41, 5.74) is 9.24. The Morgan fingerprint density at radius 2 is 1.94 bits per heavy atom. The molecule has 1 aromatic heterocycles. The van der Waals surface area contributed by atoms with Gasteiger partial charge in [0.25, 0.3) is 5.91 Å². The highest BCUT2D eigenvalue weighted by Crippen LogP contribution is 2.18. The molecule has 0 saturated heterocycles. The van der Waals surface area contributed by atoms with E-state index in [0.717, 1.165) is 11.3 Å². The molecule has 0 aliphatic heterocycles. The second-order valence-corrected chi connectivity index (χ2v) is 7.40.